The van der Waals surface area contributed by atoms with Crippen molar-refractivity contribution < 1.29 is 14.0 Å². The van der Waals surface area contributed by atoms with Crippen molar-refractivity contribution in [2.75, 3.05) is 40.3 Å². The quantitative estimate of drug-likeness (QED) is 0.300. The highest BCUT2D eigenvalue weighted by atomic mass is 16.5. The van der Waals surface area contributed by atoms with Crippen molar-refractivity contribution >= 4 is 5.91 Å². The Labute approximate surface area is 185 Å². The van der Waals surface area contributed by atoms with E-state index in [-0.39, 0.29) is 0 Å². The highest BCUT2D eigenvalue weighted by Gasteiger charge is 2.28. The molecule has 1 atom stereocenters. The minimum absolute atomic E-state index is 0.371. The summed E-state index contributed by atoms with van der Waals surface area (Å²) >= 11 is 0. The van der Waals surface area contributed by atoms with Gasteiger partial charge in [0.15, 0.2) is 0 Å². The molecule has 4 heteroatoms. The lowest BCUT2D eigenvalue weighted by Gasteiger charge is -2.33. The third-order valence-corrected chi connectivity index (χ3v) is 6.61. The van der Waals surface area contributed by atoms with E-state index < -0.39 is 0 Å². The highest BCUT2D eigenvalue weighted by Crippen LogP contribution is 2.19. The lowest BCUT2D eigenvalue weighted by atomic mass is 10.1. The van der Waals surface area contributed by atoms with Gasteiger partial charge in [0.1, 0.15) is 12.3 Å². The third kappa shape index (κ3) is 9.07. The van der Waals surface area contributed by atoms with E-state index in [1.165, 1.54) is 56.9 Å². The van der Waals surface area contributed by atoms with Crippen LogP contribution in [0.15, 0.2) is 24.3 Å². The maximum atomic E-state index is 12.7. The van der Waals surface area contributed by atoms with Crippen LogP contribution < -0.4 is 4.74 Å². The lowest BCUT2D eigenvalue weighted by molar-refractivity contribution is -0.920. The van der Waals surface area contributed by atoms with Gasteiger partial charge in [-0.1, -0.05) is 58.3 Å². The maximum Gasteiger partial charge on any atom is 0.222 e. The highest BCUT2D eigenvalue weighted by molar-refractivity contribution is 5.76. The summed E-state index contributed by atoms with van der Waals surface area (Å²) in [5, 5.41) is 0. The summed E-state index contributed by atoms with van der Waals surface area (Å²) in [6.45, 7) is 7.27. The number of hydrogen-bond donors (Lipinski definition) is 0. The second-order valence-corrected chi connectivity index (χ2v) is 9.39. The summed E-state index contributed by atoms with van der Waals surface area (Å²) in [6.07, 6.45) is 13.5. The first-order valence-electron chi connectivity index (χ1n) is 12.3. The smallest absolute Gasteiger partial charge is 0.222 e. The van der Waals surface area contributed by atoms with Gasteiger partial charge in [0.25, 0.3) is 0 Å². The van der Waals surface area contributed by atoms with Gasteiger partial charge >= 0.3 is 0 Å². The van der Waals surface area contributed by atoms with Crippen LogP contribution in [0.3, 0.4) is 0 Å². The van der Waals surface area contributed by atoms with E-state index in [2.05, 4.69) is 31.0 Å². The Bertz CT molecular complexity index is 602. The molecule has 0 radical (unpaired) electrons. The number of hydrogen-bond acceptors (Lipinski definition) is 2. The number of methoxy groups -OCH3 is 1. The van der Waals surface area contributed by atoms with Crippen molar-refractivity contribution in [1.82, 2.24) is 4.90 Å². The summed E-state index contributed by atoms with van der Waals surface area (Å²) in [6, 6.07) is 8.42. The van der Waals surface area contributed by atoms with Gasteiger partial charge in [-0.15, -0.1) is 0 Å². The van der Waals surface area contributed by atoms with Crippen LogP contribution in [0.2, 0.25) is 0 Å². The minimum atomic E-state index is 0.371. The van der Waals surface area contributed by atoms with Gasteiger partial charge in [-0.3, -0.25) is 4.79 Å². The molecule has 2 rings (SSSR count). The fraction of sp³-hybridized carbons (Fsp3) is 0.731. The Balaban J connectivity index is 1.65. The molecule has 0 aromatic heterocycles. The van der Waals surface area contributed by atoms with Crippen molar-refractivity contribution in [1.29, 1.82) is 0 Å². The molecule has 1 saturated heterocycles. The lowest BCUT2D eigenvalue weighted by Crippen LogP contribution is -2.46. The second-order valence-electron chi connectivity index (χ2n) is 9.39. The van der Waals surface area contributed by atoms with Crippen LogP contribution in [-0.4, -0.2) is 55.6 Å². The van der Waals surface area contributed by atoms with Crippen LogP contribution in [-0.2, 0) is 11.3 Å². The summed E-state index contributed by atoms with van der Waals surface area (Å²) in [4.78, 5) is 14.8. The monoisotopic (exact) mass is 417 g/mol. The molecule has 1 aromatic carbocycles. The van der Waals surface area contributed by atoms with Crippen LogP contribution in [0.5, 0.6) is 5.75 Å². The first-order valence-corrected chi connectivity index (χ1v) is 12.3. The van der Waals surface area contributed by atoms with Crippen LogP contribution in [0.4, 0.5) is 0 Å². The predicted molar refractivity (Wildman–Crippen MR) is 126 cm³/mol. The van der Waals surface area contributed by atoms with E-state index in [1.54, 1.807) is 7.11 Å². The first-order chi connectivity index (χ1) is 14.6. The van der Waals surface area contributed by atoms with Crippen molar-refractivity contribution in [2.24, 2.45) is 0 Å². The molecule has 0 N–H and O–H groups in total. The zero-order valence-electron chi connectivity index (χ0n) is 19.8. The zero-order chi connectivity index (χ0) is 21.7. The minimum Gasteiger partial charge on any atom is -0.497 e. The largest absolute Gasteiger partial charge is 0.497 e. The van der Waals surface area contributed by atoms with Crippen molar-refractivity contribution in [3.63, 3.8) is 0 Å². The standard InChI is InChI=1S/C26H45N2O2/c1-4-5-6-7-8-9-10-11-12-14-26(29)27-19-13-21-28(2,22-20-27)23-24-15-17-25(30-3)18-16-24/h15-18H,4-14,19-23H2,1-3H3/q+1. The Kier molecular flexibility index (Phi) is 11.3. The molecular formula is C26H45N2O2+. The molecule has 1 amide bonds. The van der Waals surface area contributed by atoms with Crippen LogP contribution in [0, 0.1) is 0 Å². The first kappa shape index (κ1) is 24.7. The molecule has 0 saturated carbocycles. The van der Waals surface area contributed by atoms with Gasteiger partial charge in [-0.2, -0.15) is 0 Å². The van der Waals surface area contributed by atoms with Gasteiger partial charge in [-0.05, 0) is 30.7 Å². The van der Waals surface area contributed by atoms with Crippen LogP contribution >= 0.6 is 0 Å². The average molecular weight is 418 g/mol. The summed E-state index contributed by atoms with van der Waals surface area (Å²) < 4.78 is 6.28. The third-order valence-electron chi connectivity index (χ3n) is 6.61. The number of rotatable bonds is 13. The van der Waals surface area contributed by atoms with Gasteiger partial charge in [-0.25, -0.2) is 0 Å². The Morgan fingerprint density at radius 2 is 1.57 bits per heavy atom. The van der Waals surface area contributed by atoms with Gasteiger partial charge < -0.3 is 14.1 Å². The number of amides is 1. The summed E-state index contributed by atoms with van der Waals surface area (Å²) in [5.74, 6) is 1.28. The van der Waals surface area contributed by atoms with Gasteiger partial charge in [0.05, 0.1) is 33.8 Å². The van der Waals surface area contributed by atoms with Crippen LogP contribution in [0.1, 0.15) is 83.1 Å². The predicted octanol–water partition coefficient (Wildman–Crippen LogP) is 5.80. The number of carbonyl (C=O) groups excluding carboxylic acids is 1. The Morgan fingerprint density at radius 1 is 0.933 bits per heavy atom. The number of likely N-dealkylation sites (N-methyl/N-ethyl adjacent to an activating group) is 1. The molecule has 0 aliphatic carbocycles. The van der Waals surface area contributed by atoms with E-state index in [9.17, 15) is 4.79 Å². The molecule has 4 nitrogen and oxygen atoms in total. The number of carbonyl (C=O) groups is 1. The number of benzene rings is 1. The normalized spacial score (nSPS) is 19.5. The molecular weight excluding hydrogens is 372 g/mol. The fourth-order valence-electron chi connectivity index (χ4n) is 4.55. The van der Waals surface area contributed by atoms with Crippen molar-refractivity contribution in [2.45, 2.75) is 84.1 Å². The molecule has 1 unspecified atom stereocenters. The average Bonchev–Trinajstić information content (AvgIpc) is 2.94. The Hall–Kier alpha value is -1.55. The molecule has 30 heavy (non-hydrogen) atoms. The fourth-order valence-corrected chi connectivity index (χ4v) is 4.55. The van der Waals surface area contributed by atoms with E-state index in [0.29, 0.717) is 5.91 Å². The molecule has 1 aliphatic rings. The topological polar surface area (TPSA) is 29.5 Å². The SMILES string of the molecule is CCCCCCCCCCCC(=O)N1CCC[N+](C)(Cc2ccc(OC)cc2)CC1. The summed E-state index contributed by atoms with van der Waals surface area (Å²) in [5.41, 5.74) is 1.34. The number of quaternary nitrogens is 1. The number of ether oxygens (including phenoxy) is 1. The van der Waals surface area contributed by atoms with Crippen LogP contribution in [0.25, 0.3) is 0 Å². The molecule has 0 spiro atoms. The van der Waals surface area contributed by atoms with Gasteiger partial charge in [0.2, 0.25) is 5.91 Å². The van der Waals surface area contributed by atoms with Gasteiger partial charge in [0, 0.05) is 24.9 Å². The summed E-state index contributed by atoms with van der Waals surface area (Å²) in [7, 11) is 4.04. The number of unbranched alkanes of at least 4 members (excludes halogenated alkanes) is 8. The van der Waals surface area contributed by atoms with Crippen molar-refractivity contribution in [3.05, 3.63) is 29.8 Å². The molecule has 1 fully saturated rings. The van der Waals surface area contributed by atoms with E-state index in [0.717, 1.165) is 62.2 Å². The van der Waals surface area contributed by atoms with E-state index >= 15 is 0 Å². The van der Waals surface area contributed by atoms with Crippen molar-refractivity contribution in [3.8, 4) is 5.75 Å². The maximum absolute atomic E-state index is 12.7. The molecule has 170 valence electrons. The Morgan fingerprint density at radius 3 is 2.20 bits per heavy atom. The van der Waals surface area contributed by atoms with E-state index in [1.807, 2.05) is 12.1 Å². The van der Waals surface area contributed by atoms with E-state index in [4.69, 9.17) is 4.74 Å². The second kappa shape index (κ2) is 13.7. The molecule has 1 heterocycles. The zero-order valence-corrected chi connectivity index (χ0v) is 19.8. The molecule has 1 aliphatic heterocycles. The molecule has 0 bridgehead atoms. The molecule has 1 aromatic rings. The number of nitrogens with zero attached hydrogens (tertiary/aromatic N) is 2.